The van der Waals surface area contributed by atoms with Crippen molar-refractivity contribution in [1.82, 2.24) is 9.97 Å². The number of methoxy groups -OCH3 is 1. The second-order valence-electron chi connectivity index (χ2n) is 7.99. The van der Waals surface area contributed by atoms with E-state index in [0.717, 1.165) is 22.5 Å². The molecular formula is C25H22ClN5O3S. The molecule has 8 nitrogen and oxygen atoms in total. The van der Waals surface area contributed by atoms with Gasteiger partial charge in [-0.15, -0.1) is 0 Å². The molecule has 6 bridgehead atoms. The van der Waals surface area contributed by atoms with Gasteiger partial charge >= 0.3 is 0 Å². The van der Waals surface area contributed by atoms with Gasteiger partial charge in [0.1, 0.15) is 10.8 Å². The summed E-state index contributed by atoms with van der Waals surface area (Å²) in [5.74, 6) is 1.44. The molecule has 5 rings (SSSR count). The number of hydrogen-bond donors (Lipinski definition) is 3. The van der Waals surface area contributed by atoms with Crippen LogP contribution in [0.3, 0.4) is 0 Å². The fourth-order valence-corrected chi connectivity index (χ4v) is 5.04. The third-order valence-electron chi connectivity index (χ3n) is 5.59. The van der Waals surface area contributed by atoms with Crippen molar-refractivity contribution in [1.29, 1.82) is 0 Å². The van der Waals surface area contributed by atoms with E-state index in [0.29, 0.717) is 41.1 Å². The Bertz CT molecular complexity index is 1490. The smallest absolute Gasteiger partial charge is 0.261 e. The zero-order chi connectivity index (χ0) is 24.4. The largest absolute Gasteiger partial charge is 0.497 e. The lowest BCUT2D eigenvalue weighted by molar-refractivity contribution is 0.414. The Labute approximate surface area is 208 Å². The van der Waals surface area contributed by atoms with Crippen LogP contribution in [-0.4, -0.2) is 25.5 Å². The molecule has 0 amide bonds. The zero-order valence-electron chi connectivity index (χ0n) is 18.7. The molecule has 1 aromatic heterocycles. The molecular weight excluding hydrogens is 486 g/mol. The molecule has 0 unspecified atom stereocenters. The van der Waals surface area contributed by atoms with Crippen molar-refractivity contribution < 1.29 is 13.2 Å². The lowest BCUT2D eigenvalue weighted by Gasteiger charge is -2.16. The van der Waals surface area contributed by atoms with Crippen LogP contribution in [0.1, 0.15) is 11.1 Å². The minimum Gasteiger partial charge on any atom is -0.497 e. The molecule has 178 valence electrons. The summed E-state index contributed by atoms with van der Waals surface area (Å²) in [5, 5.41) is 6.79. The van der Waals surface area contributed by atoms with Gasteiger partial charge in [0.25, 0.3) is 10.0 Å². The van der Waals surface area contributed by atoms with E-state index in [1.807, 2.05) is 30.3 Å². The van der Waals surface area contributed by atoms with Gasteiger partial charge < -0.3 is 15.4 Å². The number of fused-ring (bicyclic) bond motifs is 6. The minimum atomic E-state index is -3.80. The summed E-state index contributed by atoms with van der Waals surface area (Å²) < 4.78 is 34.1. The fourth-order valence-electron chi connectivity index (χ4n) is 3.80. The maximum atomic E-state index is 13.1. The second kappa shape index (κ2) is 9.44. The Balaban J connectivity index is 1.53. The third-order valence-corrected chi connectivity index (χ3v) is 7.25. The summed E-state index contributed by atoms with van der Waals surface area (Å²) >= 11 is 6.33. The second-order valence-corrected chi connectivity index (χ2v) is 10.1. The Morgan fingerprint density at radius 2 is 1.77 bits per heavy atom. The van der Waals surface area contributed by atoms with E-state index in [-0.39, 0.29) is 4.90 Å². The van der Waals surface area contributed by atoms with E-state index in [2.05, 4.69) is 25.3 Å². The Morgan fingerprint density at radius 1 is 0.971 bits per heavy atom. The van der Waals surface area contributed by atoms with E-state index >= 15 is 0 Å². The summed E-state index contributed by atoms with van der Waals surface area (Å²) in [6.45, 7) is 0. The van der Waals surface area contributed by atoms with Gasteiger partial charge in [-0.05, 0) is 78.6 Å². The molecule has 10 heteroatoms. The molecule has 1 aliphatic rings. The van der Waals surface area contributed by atoms with Crippen molar-refractivity contribution in [2.75, 3.05) is 22.5 Å². The predicted molar refractivity (Wildman–Crippen MR) is 138 cm³/mol. The van der Waals surface area contributed by atoms with Crippen molar-refractivity contribution >= 4 is 50.5 Å². The van der Waals surface area contributed by atoms with Crippen molar-refractivity contribution in [3.8, 4) is 5.75 Å². The highest BCUT2D eigenvalue weighted by molar-refractivity contribution is 7.92. The van der Waals surface area contributed by atoms with E-state index in [1.54, 1.807) is 24.3 Å². The van der Waals surface area contributed by atoms with E-state index < -0.39 is 10.0 Å². The first kappa shape index (κ1) is 22.9. The first-order chi connectivity index (χ1) is 16.9. The molecule has 0 atom stereocenters. The van der Waals surface area contributed by atoms with Crippen molar-refractivity contribution in [3.05, 3.63) is 89.1 Å². The van der Waals surface area contributed by atoms with Gasteiger partial charge in [0.05, 0.1) is 23.9 Å². The topological polar surface area (TPSA) is 105 Å². The highest BCUT2D eigenvalue weighted by Crippen LogP contribution is 2.30. The van der Waals surface area contributed by atoms with Crippen molar-refractivity contribution in [2.45, 2.75) is 17.7 Å². The van der Waals surface area contributed by atoms with Gasteiger partial charge in [0, 0.05) is 11.4 Å². The van der Waals surface area contributed by atoms with E-state index in [4.69, 9.17) is 16.3 Å². The van der Waals surface area contributed by atoms with Crippen molar-refractivity contribution in [3.63, 3.8) is 0 Å². The molecule has 0 saturated carbocycles. The number of aryl methyl sites for hydroxylation is 2. The maximum Gasteiger partial charge on any atom is 0.261 e. The third kappa shape index (κ3) is 5.16. The zero-order valence-corrected chi connectivity index (χ0v) is 20.3. The van der Waals surface area contributed by atoms with Crippen LogP contribution in [0, 0.1) is 0 Å². The first-order valence-electron chi connectivity index (χ1n) is 10.8. The number of halogens is 1. The number of hydrogen-bond acceptors (Lipinski definition) is 7. The Morgan fingerprint density at radius 3 is 2.57 bits per heavy atom. The molecule has 0 spiro atoms. The van der Waals surface area contributed by atoms with Crippen molar-refractivity contribution in [2.24, 2.45) is 0 Å². The SMILES string of the molecule is COc1ccc(S(=O)(=O)Nc2ccc3cc2CCc2cccc(c2)Nc2ncc(Cl)c(n2)N3)cc1. The van der Waals surface area contributed by atoms with E-state index in [1.165, 1.54) is 25.4 Å². The molecule has 3 N–H and O–H groups in total. The summed E-state index contributed by atoms with van der Waals surface area (Å²) in [6, 6.07) is 19.6. The molecule has 1 aliphatic heterocycles. The van der Waals surface area contributed by atoms with Crippen LogP contribution in [-0.2, 0) is 22.9 Å². The molecule has 3 aromatic carbocycles. The molecule has 2 heterocycles. The number of anilines is 5. The van der Waals surface area contributed by atoms with Crippen LogP contribution in [0.15, 0.2) is 77.8 Å². The minimum absolute atomic E-state index is 0.149. The summed E-state index contributed by atoms with van der Waals surface area (Å²) in [4.78, 5) is 8.90. The number of aromatic nitrogens is 2. The summed E-state index contributed by atoms with van der Waals surface area (Å²) in [5.41, 5.74) is 4.00. The number of nitrogens with zero attached hydrogens (tertiary/aromatic N) is 2. The molecule has 4 aromatic rings. The van der Waals surface area contributed by atoms with Gasteiger partial charge in [-0.3, -0.25) is 4.72 Å². The highest BCUT2D eigenvalue weighted by Gasteiger charge is 2.18. The highest BCUT2D eigenvalue weighted by atomic mass is 35.5. The Kier molecular flexibility index (Phi) is 6.19. The molecule has 35 heavy (non-hydrogen) atoms. The molecule has 0 fully saturated rings. The molecule has 0 radical (unpaired) electrons. The molecule has 0 aliphatic carbocycles. The number of benzene rings is 3. The average Bonchev–Trinajstić information content (AvgIpc) is 2.86. The lowest BCUT2D eigenvalue weighted by atomic mass is 10.0. The summed E-state index contributed by atoms with van der Waals surface area (Å²) in [6.07, 6.45) is 2.84. The summed E-state index contributed by atoms with van der Waals surface area (Å²) in [7, 11) is -2.26. The standard InChI is InChI=1S/C25H22ClN5O3S/c1-34-20-8-10-21(11-9-20)35(32,33)31-23-12-7-19-14-17(23)6-5-16-3-2-4-18(13-16)29-25-27-15-22(26)24(28-19)30-25/h2-4,7-15,31H,5-6H2,1H3,(H2,27,28,29,30). The van der Waals surface area contributed by atoms with Crippen LogP contribution in [0.5, 0.6) is 5.75 Å². The van der Waals surface area contributed by atoms with Gasteiger partial charge in [0.15, 0.2) is 5.82 Å². The van der Waals surface area contributed by atoms with Crippen LogP contribution in [0.2, 0.25) is 5.02 Å². The van der Waals surface area contributed by atoms with E-state index in [9.17, 15) is 8.42 Å². The maximum absolute atomic E-state index is 13.1. The van der Waals surface area contributed by atoms with Crippen LogP contribution in [0.4, 0.5) is 28.8 Å². The van der Waals surface area contributed by atoms with Crippen LogP contribution < -0.4 is 20.1 Å². The number of ether oxygens (including phenoxy) is 1. The number of nitrogens with one attached hydrogen (secondary N) is 3. The van der Waals surface area contributed by atoms with Gasteiger partial charge in [0.2, 0.25) is 5.95 Å². The van der Waals surface area contributed by atoms with Gasteiger partial charge in [-0.25, -0.2) is 13.4 Å². The van der Waals surface area contributed by atoms with Crippen LogP contribution >= 0.6 is 11.6 Å². The van der Waals surface area contributed by atoms with Gasteiger partial charge in [-0.2, -0.15) is 4.98 Å². The fraction of sp³-hybridized carbons (Fsp3) is 0.120. The number of sulfonamides is 1. The monoisotopic (exact) mass is 507 g/mol. The average molecular weight is 508 g/mol. The van der Waals surface area contributed by atoms with Crippen LogP contribution in [0.25, 0.3) is 0 Å². The first-order valence-corrected chi connectivity index (χ1v) is 12.7. The van der Waals surface area contributed by atoms with Gasteiger partial charge in [-0.1, -0.05) is 23.7 Å². The predicted octanol–water partition coefficient (Wildman–Crippen LogP) is 5.53. The Hall–Kier alpha value is -3.82. The lowest BCUT2D eigenvalue weighted by Crippen LogP contribution is -2.14. The normalized spacial score (nSPS) is 12.7. The number of rotatable bonds is 4. The quantitative estimate of drug-likeness (QED) is 0.333. The molecule has 0 saturated heterocycles.